The molecule has 0 radical (unpaired) electrons. The smallest absolute Gasteiger partial charge is 0.339 e. The minimum atomic E-state index is -1.24. The molecule has 0 bridgehead atoms. The maximum Gasteiger partial charge on any atom is 0.339 e. The monoisotopic (exact) mass is 510 g/mol. The Morgan fingerprint density at radius 2 is 0.868 bits per heavy atom. The second-order valence-electron chi connectivity index (χ2n) is 8.35. The molecule has 0 saturated heterocycles. The molecule has 38 heavy (non-hydrogen) atoms. The van der Waals surface area contributed by atoms with Crippen molar-refractivity contribution in [2.24, 2.45) is 20.5 Å². The standard InChI is InChI=1S/C28H22N4O6/c1-15-3-13-21(25(33)23(15)27(35)36)31-29-19-9-5-17(6-10-19)18-7-11-20(12-8-18)30-32-22-14-4-16(2)24(26(22)34)28(37)38/h3-14,33-34H,1-2H3,(H,35,36)(H,37,38). The first kappa shape index (κ1) is 25.7. The normalized spacial score (nSPS) is 11.3. The van der Waals surface area contributed by atoms with E-state index in [9.17, 15) is 30.0 Å². The van der Waals surface area contributed by atoms with Gasteiger partial charge < -0.3 is 20.4 Å². The Bertz CT molecular complexity index is 1470. The van der Waals surface area contributed by atoms with Gasteiger partial charge in [-0.3, -0.25) is 0 Å². The summed E-state index contributed by atoms with van der Waals surface area (Å²) in [5.74, 6) is -3.35. The van der Waals surface area contributed by atoms with E-state index in [2.05, 4.69) is 20.5 Å². The number of hydrogen-bond donors (Lipinski definition) is 4. The number of carboxylic acids is 2. The van der Waals surface area contributed by atoms with Gasteiger partial charge in [0.25, 0.3) is 0 Å². The first-order chi connectivity index (χ1) is 18.2. The molecule has 190 valence electrons. The molecule has 4 aromatic carbocycles. The molecule has 0 unspecified atom stereocenters. The molecule has 4 aromatic rings. The van der Waals surface area contributed by atoms with Gasteiger partial charge in [-0.1, -0.05) is 36.4 Å². The summed E-state index contributed by atoms with van der Waals surface area (Å²) in [6, 6.07) is 20.4. The average Bonchev–Trinajstić information content (AvgIpc) is 2.88. The highest BCUT2D eigenvalue weighted by Crippen LogP contribution is 2.35. The molecule has 10 nitrogen and oxygen atoms in total. The number of aromatic hydroxyl groups is 2. The van der Waals surface area contributed by atoms with Crippen molar-refractivity contribution in [1.82, 2.24) is 0 Å². The summed E-state index contributed by atoms with van der Waals surface area (Å²) in [6.45, 7) is 3.17. The van der Waals surface area contributed by atoms with Crippen LogP contribution in [0, 0.1) is 13.8 Å². The van der Waals surface area contributed by atoms with Gasteiger partial charge in [0.2, 0.25) is 0 Å². The Morgan fingerprint density at radius 1 is 0.526 bits per heavy atom. The molecule has 4 rings (SSSR count). The maximum absolute atomic E-state index is 11.3. The van der Waals surface area contributed by atoms with Gasteiger partial charge >= 0.3 is 11.9 Å². The molecule has 0 aromatic heterocycles. The number of aryl methyl sites for hydroxylation is 2. The zero-order chi connectivity index (χ0) is 27.4. The highest BCUT2D eigenvalue weighted by molar-refractivity contribution is 5.95. The second kappa shape index (κ2) is 10.7. The Hall–Kier alpha value is -5.38. The number of carboxylic acid groups (broad SMARTS) is 2. The van der Waals surface area contributed by atoms with Gasteiger partial charge in [0.15, 0.2) is 11.5 Å². The molecule has 10 heteroatoms. The van der Waals surface area contributed by atoms with Crippen LogP contribution in [0.3, 0.4) is 0 Å². The topological polar surface area (TPSA) is 164 Å². The number of benzene rings is 4. The molecular formula is C28H22N4O6. The molecule has 0 fully saturated rings. The van der Waals surface area contributed by atoms with Crippen molar-refractivity contribution in [1.29, 1.82) is 0 Å². The number of aromatic carboxylic acids is 2. The summed E-state index contributed by atoms with van der Waals surface area (Å²) in [4.78, 5) is 22.7. The van der Waals surface area contributed by atoms with Crippen molar-refractivity contribution < 1.29 is 30.0 Å². The summed E-state index contributed by atoms with van der Waals surface area (Å²) in [7, 11) is 0. The van der Waals surface area contributed by atoms with E-state index in [1.54, 1.807) is 50.2 Å². The largest absolute Gasteiger partial charge is 0.505 e. The first-order valence-electron chi connectivity index (χ1n) is 11.3. The molecule has 0 spiro atoms. The Morgan fingerprint density at radius 3 is 1.18 bits per heavy atom. The third-order valence-corrected chi connectivity index (χ3v) is 5.77. The fourth-order valence-electron chi connectivity index (χ4n) is 3.73. The summed E-state index contributed by atoms with van der Waals surface area (Å²) < 4.78 is 0. The molecule has 0 atom stereocenters. The number of hydrogen-bond acceptors (Lipinski definition) is 8. The summed E-state index contributed by atoms with van der Waals surface area (Å²) in [5.41, 5.74) is 3.34. The maximum atomic E-state index is 11.3. The molecule has 4 N–H and O–H groups in total. The van der Waals surface area contributed by atoms with Crippen LogP contribution < -0.4 is 0 Å². The zero-order valence-corrected chi connectivity index (χ0v) is 20.3. The second-order valence-corrected chi connectivity index (χ2v) is 8.35. The highest BCUT2D eigenvalue weighted by atomic mass is 16.4. The van der Waals surface area contributed by atoms with E-state index in [1.807, 2.05) is 24.3 Å². The van der Waals surface area contributed by atoms with Crippen LogP contribution in [0.5, 0.6) is 11.5 Å². The lowest BCUT2D eigenvalue weighted by molar-refractivity contribution is 0.0681. The average molecular weight is 511 g/mol. The van der Waals surface area contributed by atoms with E-state index < -0.39 is 23.4 Å². The van der Waals surface area contributed by atoms with Crippen molar-refractivity contribution >= 4 is 34.7 Å². The Kier molecular flexibility index (Phi) is 7.24. The van der Waals surface area contributed by atoms with Crippen LogP contribution in [0.15, 0.2) is 93.3 Å². The minimum absolute atomic E-state index is 0.0555. The van der Waals surface area contributed by atoms with Gasteiger partial charge in [0, 0.05) is 0 Å². The third kappa shape index (κ3) is 5.39. The van der Waals surface area contributed by atoms with Gasteiger partial charge in [0.05, 0.1) is 11.4 Å². The van der Waals surface area contributed by atoms with Crippen LogP contribution in [0.1, 0.15) is 31.8 Å². The van der Waals surface area contributed by atoms with Crippen LogP contribution in [-0.4, -0.2) is 32.4 Å². The summed E-state index contributed by atoms with van der Waals surface area (Å²) in [5, 5.41) is 55.1. The van der Waals surface area contributed by atoms with E-state index in [-0.39, 0.29) is 22.5 Å². The van der Waals surface area contributed by atoms with E-state index in [0.717, 1.165) is 11.1 Å². The number of azo groups is 2. The molecular weight excluding hydrogens is 488 g/mol. The Balaban J connectivity index is 1.48. The SMILES string of the molecule is Cc1ccc(N=Nc2ccc(-c3ccc(N=Nc4ccc(C)c(C(=O)O)c4O)cc3)cc2)c(O)c1C(=O)O. The fourth-order valence-corrected chi connectivity index (χ4v) is 3.73. The van der Waals surface area contributed by atoms with Crippen molar-refractivity contribution in [3.63, 3.8) is 0 Å². The van der Waals surface area contributed by atoms with Crippen LogP contribution in [0.2, 0.25) is 0 Å². The van der Waals surface area contributed by atoms with Gasteiger partial charge in [-0.2, -0.15) is 10.2 Å². The lowest BCUT2D eigenvalue weighted by Crippen LogP contribution is -1.99. The number of carbonyl (C=O) groups is 2. The fraction of sp³-hybridized carbons (Fsp3) is 0.0714. The molecule has 0 heterocycles. The Labute approximate surface area is 216 Å². The summed E-state index contributed by atoms with van der Waals surface area (Å²) in [6.07, 6.45) is 0. The van der Waals surface area contributed by atoms with Crippen LogP contribution in [0.4, 0.5) is 22.7 Å². The van der Waals surface area contributed by atoms with Crippen molar-refractivity contribution in [3.8, 4) is 22.6 Å². The van der Waals surface area contributed by atoms with E-state index in [1.165, 1.54) is 12.1 Å². The number of rotatable bonds is 7. The lowest BCUT2D eigenvalue weighted by Gasteiger charge is -2.06. The highest BCUT2D eigenvalue weighted by Gasteiger charge is 2.17. The molecule has 0 aliphatic heterocycles. The summed E-state index contributed by atoms with van der Waals surface area (Å²) >= 11 is 0. The van der Waals surface area contributed by atoms with Crippen molar-refractivity contribution in [2.45, 2.75) is 13.8 Å². The van der Waals surface area contributed by atoms with Crippen molar-refractivity contribution in [2.75, 3.05) is 0 Å². The minimum Gasteiger partial charge on any atom is -0.505 e. The van der Waals surface area contributed by atoms with E-state index in [4.69, 9.17) is 0 Å². The van der Waals surface area contributed by atoms with Gasteiger partial charge in [-0.15, -0.1) is 10.2 Å². The number of phenols is 2. The molecule has 0 aliphatic rings. The van der Waals surface area contributed by atoms with Crippen LogP contribution in [-0.2, 0) is 0 Å². The van der Waals surface area contributed by atoms with Crippen LogP contribution >= 0.6 is 0 Å². The van der Waals surface area contributed by atoms with Gasteiger partial charge in [0.1, 0.15) is 22.5 Å². The molecule has 0 saturated carbocycles. The van der Waals surface area contributed by atoms with E-state index >= 15 is 0 Å². The molecule has 0 amide bonds. The van der Waals surface area contributed by atoms with Gasteiger partial charge in [-0.05, 0) is 72.5 Å². The van der Waals surface area contributed by atoms with E-state index in [0.29, 0.717) is 22.5 Å². The lowest BCUT2D eigenvalue weighted by atomic mass is 10.1. The third-order valence-electron chi connectivity index (χ3n) is 5.77. The predicted octanol–water partition coefficient (Wildman–Crippen LogP) is 7.61. The predicted molar refractivity (Wildman–Crippen MR) is 140 cm³/mol. The van der Waals surface area contributed by atoms with Crippen LogP contribution in [0.25, 0.3) is 11.1 Å². The number of nitrogens with zero attached hydrogens (tertiary/aromatic N) is 4. The zero-order valence-electron chi connectivity index (χ0n) is 20.3. The first-order valence-corrected chi connectivity index (χ1v) is 11.3. The van der Waals surface area contributed by atoms with Crippen molar-refractivity contribution in [3.05, 3.63) is 95.1 Å². The molecule has 0 aliphatic carbocycles. The van der Waals surface area contributed by atoms with Gasteiger partial charge in [-0.25, -0.2) is 9.59 Å². The quantitative estimate of drug-likeness (QED) is 0.187.